The van der Waals surface area contributed by atoms with Crippen LogP contribution >= 0.6 is 0 Å². The molecule has 3 nitrogen and oxygen atoms in total. The fraction of sp³-hybridized carbons (Fsp3) is 0.333. The number of alkyl halides is 2. The summed E-state index contributed by atoms with van der Waals surface area (Å²) >= 11 is 0. The first-order valence-corrected chi connectivity index (χ1v) is 5.46. The lowest BCUT2D eigenvalue weighted by molar-refractivity contribution is 0.0952. The Balaban J connectivity index is 1.85. The quantitative estimate of drug-likeness (QED) is 0.818. The van der Waals surface area contributed by atoms with E-state index in [2.05, 4.69) is 9.97 Å². The number of halogens is 2. The second-order valence-corrected chi connectivity index (χ2v) is 4.31. The van der Waals surface area contributed by atoms with Crippen molar-refractivity contribution in [1.82, 2.24) is 14.5 Å². The minimum absolute atomic E-state index is 0.0162. The van der Waals surface area contributed by atoms with Gasteiger partial charge >= 0.3 is 0 Å². The van der Waals surface area contributed by atoms with E-state index in [-0.39, 0.29) is 6.42 Å². The van der Waals surface area contributed by atoms with Crippen LogP contribution < -0.4 is 0 Å². The van der Waals surface area contributed by atoms with Crippen LogP contribution in [0.5, 0.6) is 0 Å². The van der Waals surface area contributed by atoms with E-state index in [4.69, 9.17) is 0 Å². The summed E-state index contributed by atoms with van der Waals surface area (Å²) in [5.74, 6) is -2.34. The highest BCUT2D eigenvalue weighted by Crippen LogP contribution is 2.49. The van der Waals surface area contributed by atoms with Crippen LogP contribution in [-0.2, 0) is 6.54 Å². The number of pyridine rings is 1. The van der Waals surface area contributed by atoms with E-state index in [0.717, 1.165) is 5.56 Å². The molecule has 0 spiro atoms. The Morgan fingerprint density at radius 3 is 2.88 bits per heavy atom. The van der Waals surface area contributed by atoms with Gasteiger partial charge in [-0.05, 0) is 12.1 Å². The molecule has 2 aromatic rings. The van der Waals surface area contributed by atoms with Gasteiger partial charge in [0.05, 0.1) is 0 Å². The number of hydrogen-bond donors (Lipinski definition) is 0. The van der Waals surface area contributed by atoms with Crippen LogP contribution in [0.25, 0.3) is 11.4 Å². The molecule has 1 aliphatic rings. The second kappa shape index (κ2) is 3.61. The molecule has 88 valence electrons. The summed E-state index contributed by atoms with van der Waals surface area (Å²) < 4.78 is 27.5. The molecule has 3 rings (SSSR count). The van der Waals surface area contributed by atoms with Gasteiger partial charge in [0, 0.05) is 49.2 Å². The third-order valence-electron chi connectivity index (χ3n) is 3.01. The first kappa shape index (κ1) is 10.4. The van der Waals surface area contributed by atoms with Crippen molar-refractivity contribution in [2.24, 2.45) is 5.92 Å². The van der Waals surface area contributed by atoms with Gasteiger partial charge in [-0.3, -0.25) is 4.98 Å². The van der Waals surface area contributed by atoms with E-state index in [0.29, 0.717) is 12.4 Å². The van der Waals surface area contributed by atoms with Crippen molar-refractivity contribution in [3.05, 3.63) is 36.9 Å². The summed E-state index contributed by atoms with van der Waals surface area (Å²) in [6, 6.07) is 3.68. The largest absolute Gasteiger partial charge is 0.330 e. The van der Waals surface area contributed by atoms with Crippen molar-refractivity contribution in [3.63, 3.8) is 0 Å². The normalized spacial score (nSPS) is 21.4. The fourth-order valence-electron chi connectivity index (χ4n) is 1.92. The van der Waals surface area contributed by atoms with Gasteiger partial charge in [0.15, 0.2) is 0 Å². The highest BCUT2D eigenvalue weighted by molar-refractivity contribution is 5.53. The maximum atomic E-state index is 12.9. The molecular formula is C12H11F2N3. The van der Waals surface area contributed by atoms with Crippen molar-refractivity contribution in [2.45, 2.75) is 18.9 Å². The minimum Gasteiger partial charge on any atom is -0.330 e. The van der Waals surface area contributed by atoms with Gasteiger partial charge in [-0.25, -0.2) is 13.8 Å². The molecule has 1 aliphatic carbocycles. The van der Waals surface area contributed by atoms with Crippen molar-refractivity contribution in [3.8, 4) is 11.4 Å². The molecule has 0 bridgehead atoms. The topological polar surface area (TPSA) is 30.7 Å². The average Bonchev–Trinajstić information content (AvgIpc) is 2.76. The van der Waals surface area contributed by atoms with E-state index in [1.165, 1.54) is 0 Å². The van der Waals surface area contributed by atoms with Gasteiger partial charge < -0.3 is 4.57 Å². The van der Waals surface area contributed by atoms with Crippen LogP contribution in [0.2, 0.25) is 0 Å². The maximum absolute atomic E-state index is 12.9. The molecule has 2 aromatic heterocycles. The van der Waals surface area contributed by atoms with Gasteiger partial charge in [0.1, 0.15) is 5.82 Å². The molecule has 17 heavy (non-hydrogen) atoms. The van der Waals surface area contributed by atoms with E-state index in [9.17, 15) is 8.78 Å². The summed E-state index contributed by atoms with van der Waals surface area (Å²) in [7, 11) is 0. The van der Waals surface area contributed by atoms with Crippen LogP contribution in [0.4, 0.5) is 8.78 Å². The van der Waals surface area contributed by atoms with Crippen LogP contribution in [0.1, 0.15) is 6.42 Å². The third kappa shape index (κ3) is 1.92. The minimum atomic E-state index is -2.49. The third-order valence-corrected chi connectivity index (χ3v) is 3.01. The molecule has 0 amide bonds. The predicted molar refractivity (Wildman–Crippen MR) is 58.5 cm³/mol. The van der Waals surface area contributed by atoms with Gasteiger partial charge in [0.2, 0.25) is 0 Å². The first-order chi connectivity index (χ1) is 8.17. The number of hydrogen-bond acceptors (Lipinski definition) is 2. The Labute approximate surface area is 97.1 Å². The van der Waals surface area contributed by atoms with E-state index in [1.807, 2.05) is 6.07 Å². The van der Waals surface area contributed by atoms with Crippen LogP contribution in [0.15, 0.2) is 36.9 Å². The molecule has 0 saturated heterocycles. The zero-order chi connectivity index (χ0) is 11.9. The Hall–Kier alpha value is -1.78. The molecule has 1 unspecified atom stereocenters. The van der Waals surface area contributed by atoms with Crippen molar-refractivity contribution in [2.75, 3.05) is 0 Å². The van der Waals surface area contributed by atoms with Gasteiger partial charge in [-0.15, -0.1) is 0 Å². The molecule has 1 atom stereocenters. The van der Waals surface area contributed by atoms with Gasteiger partial charge in [-0.2, -0.15) is 0 Å². The lowest BCUT2D eigenvalue weighted by Crippen LogP contribution is -2.06. The number of aromatic nitrogens is 3. The number of nitrogens with zero attached hydrogens (tertiary/aromatic N) is 3. The lowest BCUT2D eigenvalue weighted by Gasteiger charge is -2.06. The molecule has 0 aliphatic heterocycles. The zero-order valence-corrected chi connectivity index (χ0v) is 9.05. The number of imidazole rings is 1. The molecule has 5 heteroatoms. The molecular weight excluding hydrogens is 224 g/mol. The van der Waals surface area contributed by atoms with Crippen LogP contribution in [-0.4, -0.2) is 20.5 Å². The van der Waals surface area contributed by atoms with Crippen molar-refractivity contribution < 1.29 is 8.78 Å². The van der Waals surface area contributed by atoms with Crippen molar-refractivity contribution in [1.29, 1.82) is 0 Å². The van der Waals surface area contributed by atoms with E-state index in [1.54, 1.807) is 35.4 Å². The molecule has 1 saturated carbocycles. The van der Waals surface area contributed by atoms with Gasteiger partial charge in [0.25, 0.3) is 5.92 Å². The Kier molecular flexibility index (Phi) is 2.21. The Morgan fingerprint density at radius 1 is 1.41 bits per heavy atom. The zero-order valence-electron chi connectivity index (χ0n) is 9.05. The molecule has 1 fully saturated rings. The highest BCUT2D eigenvalue weighted by Gasteiger charge is 2.56. The summed E-state index contributed by atoms with van der Waals surface area (Å²) in [4.78, 5) is 8.20. The van der Waals surface area contributed by atoms with Crippen LogP contribution in [0.3, 0.4) is 0 Å². The highest BCUT2D eigenvalue weighted by atomic mass is 19.3. The Morgan fingerprint density at radius 2 is 2.24 bits per heavy atom. The summed E-state index contributed by atoms with van der Waals surface area (Å²) in [5.41, 5.74) is 0.849. The first-order valence-electron chi connectivity index (χ1n) is 5.46. The maximum Gasteiger partial charge on any atom is 0.253 e. The van der Waals surface area contributed by atoms with E-state index < -0.39 is 11.8 Å². The number of rotatable bonds is 3. The average molecular weight is 235 g/mol. The lowest BCUT2D eigenvalue weighted by atomic mass is 10.2. The SMILES string of the molecule is FC1(F)CC1Cn1ccnc1-c1cccnc1. The van der Waals surface area contributed by atoms with Gasteiger partial charge in [-0.1, -0.05) is 0 Å². The molecule has 2 heterocycles. The molecule has 0 aromatic carbocycles. The monoisotopic (exact) mass is 235 g/mol. The predicted octanol–water partition coefficient (Wildman–Crippen LogP) is 2.60. The smallest absolute Gasteiger partial charge is 0.253 e. The molecule has 0 radical (unpaired) electrons. The standard InChI is InChI=1S/C12H11F2N3/c13-12(14)6-10(12)8-17-5-4-16-11(17)9-2-1-3-15-7-9/h1-5,7,10H,6,8H2. The summed E-state index contributed by atoms with van der Waals surface area (Å²) in [6.07, 6.45) is 6.70. The summed E-state index contributed by atoms with van der Waals surface area (Å²) in [6.45, 7) is 0.317. The molecule has 0 N–H and O–H groups in total. The van der Waals surface area contributed by atoms with Crippen molar-refractivity contribution >= 4 is 0 Å². The van der Waals surface area contributed by atoms with Crippen LogP contribution in [0, 0.1) is 5.92 Å². The summed E-state index contributed by atoms with van der Waals surface area (Å²) in [5, 5.41) is 0. The Bertz CT molecular complexity index is 522. The second-order valence-electron chi connectivity index (χ2n) is 4.31. The van der Waals surface area contributed by atoms with E-state index >= 15 is 0 Å². The fourth-order valence-corrected chi connectivity index (χ4v) is 1.92.